The number of hydrogen-bond acceptors (Lipinski definition) is 6. The van der Waals surface area contributed by atoms with Gasteiger partial charge in [-0.15, -0.1) is 0 Å². The van der Waals surface area contributed by atoms with Gasteiger partial charge in [-0.05, 0) is 49.7 Å². The molecule has 0 amide bonds. The number of aryl methyl sites for hydroxylation is 1. The number of para-hydroxylation sites is 1. The normalized spacial score (nSPS) is 10.8. The van der Waals surface area contributed by atoms with Crippen LogP contribution in [0.3, 0.4) is 0 Å². The van der Waals surface area contributed by atoms with Crippen LogP contribution >= 0.6 is 0 Å². The van der Waals surface area contributed by atoms with E-state index in [4.69, 9.17) is 14.7 Å². The van der Waals surface area contributed by atoms with E-state index in [1.807, 2.05) is 74.5 Å². The fourth-order valence-electron chi connectivity index (χ4n) is 3.69. The summed E-state index contributed by atoms with van der Waals surface area (Å²) in [5.41, 5.74) is 4.76. The van der Waals surface area contributed by atoms with Crippen molar-refractivity contribution in [2.24, 2.45) is 0 Å². The topological polar surface area (TPSA) is 87.8 Å². The van der Waals surface area contributed by atoms with E-state index in [0.717, 1.165) is 39.2 Å². The Kier molecular flexibility index (Phi) is 5.59. The quantitative estimate of drug-likeness (QED) is 0.281. The highest BCUT2D eigenvalue weighted by atomic mass is 16.5. The number of anilines is 4. The summed E-state index contributed by atoms with van der Waals surface area (Å²) < 4.78 is 5.86. The van der Waals surface area contributed by atoms with E-state index in [-0.39, 0.29) is 0 Å². The van der Waals surface area contributed by atoms with Crippen LogP contribution in [0.5, 0.6) is 5.75 Å². The van der Waals surface area contributed by atoms with Gasteiger partial charge in [0, 0.05) is 28.4 Å². The summed E-state index contributed by atoms with van der Waals surface area (Å²) in [6.07, 6.45) is 0. The maximum absolute atomic E-state index is 5.86. The Morgan fingerprint density at radius 3 is 2.48 bits per heavy atom. The lowest BCUT2D eigenvalue weighted by Gasteiger charge is -2.14. The van der Waals surface area contributed by atoms with Crippen LogP contribution in [0.1, 0.15) is 12.6 Å². The Morgan fingerprint density at radius 2 is 1.70 bits per heavy atom. The minimum atomic E-state index is 0.492. The maximum Gasteiger partial charge on any atom is 0.229 e. The number of benzene rings is 3. The SMILES string of the molecule is CCOc1ccc(Nc2nc(Nc3cc(C)[nH]n3)c3ccccc3n2)cc1-c1ccccc1. The summed E-state index contributed by atoms with van der Waals surface area (Å²) in [7, 11) is 0. The zero-order valence-corrected chi connectivity index (χ0v) is 18.5. The Bertz CT molecular complexity index is 1400. The molecule has 2 aromatic heterocycles. The van der Waals surface area contributed by atoms with Gasteiger partial charge in [0.15, 0.2) is 5.82 Å². The number of hydrogen-bond donors (Lipinski definition) is 3. The van der Waals surface area contributed by atoms with Crippen LogP contribution in [-0.2, 0) is 0 Å². The average molecular weight is 437 g/mol. The van der Waals surface area contributed by atoms with Crippen molar-refractivity contribution in [2.45, 2.75) is 13.8 Å². The van der Waals surface area contributed by atoms with Crippen molar-refractivity contribution >= 4 is 34.2 Å². The Morgan fingerprint density at radius 1 is 0.879 bits per heavy atom. The molecular weight excluding hydrogens is 412 g/mol. The Balaban J connectivity index is 1.52. The van der Waals surface area contributed by atoms with Crippen LogP contribution in [0.4, 0.5) is 23.3 Å². The molecule has 0 aliphatic carbocycles. The molecule has 0 radical (unpaired) electrons. The van der Waals surface area contributed by atoms with Crippen molar-refractivity contribution in [3.05, 3.63) is 84.6 Å². The number of H-pyrrole nitrogens is 1. The van der Waals surface area contributed by atoms with Crippen molar-refractivity contribution in [2.75, 3.05) is 17.2 Å². The van der Waals surface area contributed by atoms with Crippen molar-refractivity contribution in [3.8, 4) is 16.9 Å². The molecule has 7 nitrogen and oxygen atoms in total. The van der Waals surface area contributed by atoms with Crippen LogP contribution in [0.15, 0.2) is 78.9 Å². The zero-order chi connectivity index (χ0) is 22.6. The Labute approximate surface area is 191 Å². The van der Waals surface area contributed by atoms with Gasteiger partial charge in [-0.2, -0.15) is 10.1 Å². The Hall–Kier alpha value is -4.39. The van der Waals surface area contributed by atoms with Crippen molar-refractivity contribution in [1.82, 2.24) is 20.2 Å². The first-order valence-corrected chi connectivity index (χ1v) is 10.8. The lowest BCUT2D eigenvalue weighted by atomic mass is 10.0. The fourth-order valence-corrected chi connectivity index (χ4v) is 3.69. The van der Waals surface area contributed by atoms with Crippen molar-refractivity contribution in [1.29, 1.82) is 0 Å². The van der Waals surface area contributed by atoms with Crippen LogP contribution in [0.25, 0.3) is 22.0 Å². The zero-order valence-electron chi connectivity index (χ0n) is 18.5. The van der Waals surface area contributed by atoms with E-state index in [9.17, 15) is 0 Å². The van der Waals surface area contributed by atoms with Crippen LogP contribution in [0.2, 0.25) is 0 Å². The van der Waals surface area contributed by atoms with E-state index in [1.165, 1.54) is 0 Å². The molecule has 0 bridgehead atoms. The fraction of sp³-hybridized carbons (Fsp3) is 0.115. The second-order valence-corrected chi connectivity index (χ2v) is 7.61. The molecule has 0 saturated heterocycles. The molecule has 0 fully saturated rings. The lowest BCUT2D eigenvalue weighted by molar-refractivity contribution is 0.341. The number of nitrogens with zero attached hydrogens (tertiary/aromatic N) is 3. The number of nitrogens with one attached hydrogen (secondary N) is 3. The molecular formula is C26H24N6O. The molecule has 5 aromatic rings. The standard InChI is InChI=1S/C26H24N6O/c1-3-33-23-14-13-19(16-21(23)18-9-5-4-6-10-18)27-26-28-22-12-8-7-11-20(22)25(30-26)29-24-15-17(2)31-32-24/h4-16H,3H2,1-2H3,(H3,27,28,29,30,31,32). The summed E-state index contributed by atoms with van der Waals surface area (Å²) in [6.45, 7) is 4.54. The van der Waals surface area contributed by atoms with E-state index in [2.05, 4.69) is 39.0 Å². The smallest absolute Gasteiger partial charge is 0.229 e. The highest BCUT2D eigenvalue weighted by molar-refractivity contribution is 5.91. The molecule has 2 heterocycles. The summed E-state index contributed by atoms with van der Waals surface area (Å²) >= 11 is 0. The van der Waals surface area contributed by atoms with Crippen LogP contribution in [-0.4, -0.2) is 26.8 Å². The van der Waals surface area contributed by atoms with Gasteiger partial charge in [0.1, 0.15) is 11.6 Å². The highest BCUT2D eigenvalue weighted by Gasteiger charge is 2.12. The third kappa shape index (κ3) is 4.48. The van der Waals surface area contributed by atoms with Gasteiger partial charge >= 0.3 is 0 Å². The van der Waals surface area contributed by atoms with Gasteiger partial charge in [-0.25, -0.2) is 4.98 Å². The van der Waals surface area contributed by atoms with Gasteiger partial charge in [0.25, 0.3) is 0 Å². The number of rotatable bonds is 7. The van der Waals surface area contributed by atoms with Gasteiger partial charge in [-0.1, -0.05) is 42.5 Å². The molecule has 164 valence electrons. The second kappa shape index (κ2) is 9.00. The predicted octanol–water partition coefficient (Wildman–Crippen LogP) is 6.21. The van der Waals surface area contributed by atoms with E-state index in [0.29, 0.717) is 24.2 Å². The minimum absolute atomic E-state index is 0.492. The molecule has 7 heteroatoms. The summed E-state index contributed by atoms with van der Waals surface area (Å²) in [5.74, 6) is 2.72. The number of aromatic nitrogens is 4. The first-order valence-electron chi connectivity index (χ1n) is 10.8. The van der Waals surface area contributed by atoms with Crippen molar-refractivity contribution < 1.29 is 4.74 Å². The molecule has 0 aliphatic heterocycles. The molecule has 0 saturated carbocycles. The number of fused-ring (bicyclic) bond motifs is 1. The predicted molar refractivity (Wildman–Crippen MR) is 132 cm³/mol. The monoisotopic (exact) mass is 436 g/mol. The van der Waals surface area contributed by atoms with Crippen molar-refractivity contribution in [3.63, 3.8) is 0 Å². The van der Waals surface area contributed by atoms with Crippen LogP contribution in [0, 0.1) is 6.92 Å². The molecule has 0 unspecified atom stereocenters. The maximum atomic E-state index is 5.86. The van der Waals surface area contributed by atoms with Gasteiger partial charge in [-0.3, -0.25) is 5.10 Å². The summed E-state index contributed by atoms with van der Waals surface area (Å²) in [4.78, 5) is 9.46. The highest BCUT2D eigenvalue weighted by Crippen LogP contribution is 2.34. The first kappa shape index (κ1) is 20.5. The number of aromatic amines is 1. The van der Waals surface area contributed by atoms with E-state index >= 15 is 0 Å². The summed E-state index contributed by atoms with van der Waals surface area (Å²) in [6, 6.07) is 26.0. The molecule has 0 aliphatic rings. The minimum Gasteiger partial charge on any atom is -0.493 e. The van der Waals surface area contributed by atoms with Gasteiger partial charge < -0.3 is 15.4 Å². The molecule has 3 N–H and O–H groups in total. The van der Waals surface area contributed by atoms with Crippen LogP contribution < -0.4 is 15.4 Å². The van der Waals surface area contributed by atoms with Gasteiger partial charge in [0.2, 0.25) is 5.95 Å². The van der Waals surface area contributed by atoms with E-state index in [1.54, 1.807) is 0 Å². The summed E-state index contributed by atoms with van der Waals surface area (Å²) in [5, 5.41) is 14.8. The van der Waals surface area contributed by atoms with E-state index < -0.39 is 0 Å². The number of ether oxygens (including phenoxy) is 1. The molecule has 5 rings (SSSR count). The molecule has 0 spiro atoms. The first-order chi connectivity index (χ1) is 16.2. The molecule has 33 heavy (non-hydrogen) atoms. The van der Waals surface area contributed by atoms with Gasteiger partial charge in [0.05, 0.1) is 12.1 Å². The third-order valence-corrected chi connectivity index (χ3v) is 5.18. The average Bonchev–Trinajstić information content (AvgIpc) is 3.25. The molecule has 0 atom stereocenters. The third-order valence-electron chi connectivity index (χ3n) is 5.18. The molecule has 3 aromatic carbocycles. The second-order valence-electron chi connectivity index (χ2n) is 7.61. The largest absolute Gasteiger partial charge is 0.493 e. The lowest BCUT2D eigenvalue weighted by Crippen LogP contribution is -2.03.